The van der Waals surface area contributed by atoms with Crippen molar-refractivity contribution in [1.82, 2.24) is 4.90 Å². The molecule has 0 atom stereocenters. The first kappa shape index (κ1) is 15.0. The molecule has 110 valence electrons. The van der Waals surface area contributed by atoms with Crippen LogP contribution >= 0.6 is 11.3 Å². The number of aliphatic carboxylic acids is 1. The number of hydrogen-bond acceptors (Lipinski definition) is 4. The van der Waals surface area contributed by atoms with E-state index in [9.17, 15) is 9.59 Å². The van der Waals surface area contributed by atoms with Gasteiger partial charge in [0.1, 0.15) is 6.54 Å². The van der Waals surface area contributed by atoms with Gasteiger partial charge in [-0.15, -0.1) is 11.3 Å². The Morgan fingerprint density at radius 3 is 2.65 bits per heavy atom. The van der Waals surface area contributed by atoms with Gasteiger partial charge < -0.3 is 14.7 Å². The average Bonchev–Trinajstić information content (AvgIpc) is 2.82. The molecule has 6 heteroatoms. The molecule has 0 saturated carbocycles. The van der Waals surface area contributed by atoms with Gasteiger partial charge >= 0.3 is 5.97 Å². The van der Waals surface area contributed by atoms with Crippen molar-refractivity contribution in [1.29, 1.82) is 0 Å². The summed E-state index contributed by atoms with van der Waals surface area (Å²) in [4.78, 5) is 27.0. The summed E-state index contributed by atoms with van der Waals surface area (Å²) in [6.07, 6.45) is 1.70. The second kappa shape index (κ2) is 6.85. The summed E-state index contributed by atoms with van der Waals surface area (Å²) >= 11 is 1.58. The number of rotatable bonds is 5. The van der Waals surface area contributed by atoms with Gasteiger partial charge in [0.15, 0.2) is 0 Å². The third-order valence-electron chi connectivity index (χ3n) is 3.38. The molecule has 0 bridgehead atoms. The molecule has 1 saturated heterocycles. The maximum absolute atomic E-state index is 12.4. The number of hydrogen-bond donors (Lipinski definition) is 1. The lowest BCUT2D eigenvalue weighted by atomic mass is 10.1. The Kier molecular flexibility index (Phi) is 5.14. The van der Waals surface area contributed by atoms with E-state index in [1.54, 1.807) is 11.3 Å². The van der Waals surface area contributed by atoms with E-state index in [0.717, 1.165) is 9.75 Å². The van der Waals surface area contributed by atoms with Crippen LogP contribution in [-0.2, 0) is 20.7 Å². The zero-order valence-electron chi connectivity index (χ0n) is 11.5. The molecule has 0 radical (unpaired) electrons. The number of carboxylic acids is 1. The molecule has 1 N–H and O–H groups in total. The van der Waals surface area contributed by atoms with Crippen molar-refractivity contribution >= 4 is 23.2 Å². The zero-order valence-corrected chi connectivity index (χ0v) is 12.3. The molecular formula is C14H19NO4S. The van der Waals surface area contributed by atoms with Crippen molar-refractivity contribution in [3.63, 3.8) is 0 Å². The van der Waals surface area contributed by atoms with Crippen LogP contribution in [0.15, 0.2) is 12.1 Å². The zero-order chi connectivity index (χ0) is 14.5. The summed E-state index contributed by atoms with van der Waals surface area (Å²) in [6, 6.07) is 3.89. The number of carboxylic acid groups (broad SMARTS) is 1. The van der Waals surface area contributed by atoms with Crippen molar-refractivity contribution in [3.8, 4) is 0 Å². The van der Waals surface area contributed by atoms with Crippen LogP contribution in [-0.4, -0.2) is 47.7 Å². The second-order valence-electron chi connectivity index (χ2n) is 4.95. The summed E-state index contributed by atoms with van der Waals surface area (Å²) in [7, 11) is 0. The van der Waals surface area contributed by atoms with Crippen molar-refractivity contribution in [2.75, 3.05) is 19.8 Å². The van der Waals surface area contributed by atoms with Crippen molar-refractivity contribution in [2.45, 2.75) is 32.2 Å². The molecule has 0 aliphatic carbocycles. The van der Waals surface area contributed by atoms with Gasteiger partial charge in [0.2, 0.25) is 5.91 Å². The number of carbonyl (C=O) groups excluding carboxylic acids is 1. The number of nitrogens with zero attached hydrogens (tertiary/aromatic N) is 1. The molecule has 1 fully saturated rings. The fourth-order valence-corrected chi connectivity index (χ4v) is 3.28. The molecule has 0 aromatic carbocycles. The highest BCUT2D eigenvalue weighted by atomic mass is 32.1. The fraction of sp³-hybridized carbons (Fsp3) is 0.571. The molecule has 2 rings (SSSR count). The smallest absolute Gasteiger partial charge is 0.323 e. The van der Waals surface area contributed by atoms with E-state index < -0.39 is 5.97 Å². The van der Waals surface area contributed by atoms with E-state index >= 15 is 0 Å². The minimum absolute atomic E-state index is 0.0200. The van der Waals surface area contributed by atoms with E-state index in [0.29, 0.717) is 26.1 Å². The molecule has 5 nitrogen and oxygen atoms in total. The summed E-state index contributed by atoms with van der Waals surface area (Å²) in [5, 5.41) is 9.01. The first-order valence-corrected chi connectivity index (χ1v) is 7.52. The van der Waals surface area contributed by atoms with Crippen LogP contribution in [0.3, 0.4) is 0 Å². The number of ether oxygens (including phenoxy) is 1. The normalized spacial score (nSPS) is 16.1. The topological polar surface area (TPSA) is 66.8 Å². The highest BCUT2D eigenvalue weighted by molar-refractivity contribution is 7.12. The van der Waals surface area contributed by atoms with Crippen LogP contribution in [0.2, 0.25) is 0 Å². The summed E-state index contributed by atoms with van der Waals surface area (Å²) in [5.41, 5.74) is 0. The van der Waals surface area contributed by atoms with Crippen LogP contribution in [0.5, 0.6) is 0 Å². The Hall–Kier alpha value is -1.40. The van der Waals surface area contributed by atoms with Crippen molar-refractivity contribution < 1.29 is 19.4 Å². The van der Waals surface area contributed by atoms with E-state index in [4.69, 9.17) is 9.84 Å². The van der Waals surface area contributed by atoms with Crippen LogP contribution in [0, 0.1) is 6.92 Å². The Morgan fingerprint density at radius 1 is 1.40 bits per heavy atom. The lowest BCUT2D eigenvalue weighted by molar-refractivity contribution is -0.147. The van der Waals surface area contributed by atoms with E-state index in [1.807, 2.05) is 19.1 Å². The predicted octanol–water partition coefficient (Wildman–Crippen LogP) is 1.69. The van der Waals surface area contributed by atoms with Gasteiger partial charge in [0.25, 0.3) is 0 Å². The van der Waals surface area contributed by atoms with Crippen LogP contribution in [0.25, 0.3) is 0 Å². The maximum atomic E-state index is 12.4. The molecule has 0 unspecified atom stereocenters. The van der Waals surface area contributed by atoms with Crippen LogP contribution in [0.1, 0.15) is 22.6 Å². The quantitative estimate of drug-likeness (QED) is 0.898. The lowest BCUT2D eigenvalue weighted by Crippen LogP contribution is -2.46. The molecule has 1 aromatic rings. The summed E-state index contributed by atoms with van der Waals surface area (Å²) < 4.78 is 5.27. The fourth-order valence-electron chi connectivity index (χ4n) is 2.39. The van der Waals surface area contributed by atoms with E-state index in [-0.39, 0.29) is 24.9 Å². The van der Waals surface area contributed by atoms with Gasteiger partial charge in [-0.25, -0.2) is 0 Å². The van der Waals surface area contributed by atoms with Crippen LogP contribution < -0.4 is 0 Å². The van der Waals surface area contributed by atoms with Crippen LogP contribution in [0.4, 0.5) is 0 Å². The average molecular weight is 297 g/mol. The monoisotopic (exact) mass is 297 g/mol. The van der Waals surface area contributed by atoms with Gasteiger partial charge in [-0.1, -0.05) is 0 Å². The molecule has 20 heavy (non-hydrogen) atoms. The standard InChI is InChI=1S/C14H19NO4S/c1-10-2-3-12(20-10)8-13(16)15(9-14(17)18)11-4-6-19-7-5-11/h2-3,11H,4-9H2,1H3,(H,17,18). The SMILES string of the molecule is Cc1ccc(CC(=O)N(CC(=O)O)C2CCOCC2)s1. The lowest BCUT2D eigenvalue weighted by Gasteiger charge is -2.33. The Labute approximate surface area is 122 Å². The molecule has 0 spiro atoms. The number of thiophene rings is 1. The predicted molar refractivity (Wildman–Crippen MR) is 75.9 cm³/mol. The van der Waals surface area contributed by atoms with E-state index in [1.165, 1.54) is 4.90 Å². The highest BCUT2D eigenvalue weighted by Crippen LogP contribution is 2.19. The highest BCUT2D eigenvalue weighted by Gasteiger charge is 2.27. The number of carbonyl (C=O) groups is 2. The van der Waals surface area contributed by atoms with Gasteiger partial charge in [-0.05, 0) is 31.9 Å². The minimum atomic E-state index is -0.966. The molecule has 1 aliphatic rings. The summed E-state index contributed by atoms with van der Waals surface area (Å²) in [6.45, 7) is 2.94. The Bertz CT molecular complexity index is 479. The third-order valence-corrected chi connectivity index (χ3v) is 4.38. The van der Waals surface area contributed by atoms with Gasteiger partial charge in [0.05, 0.1) is 6.42 Å². The molecule has 1 aromatic heterocycles. The first-order chi connectivity index (χ1) is 9.56. The largest absolute Gasteiger partial charge is 0.480 e. The Morgan fingerprint density at radius 2 is 2.10 bits per heavy atom. The molecular weight excluding hydrogens is 278 g/mol. The van der Waals surface area contributed by atoms with Crippen molar-refractivity contribution in [3.05, 3.63) is 21.9 Å². The van der Waals surface area contributed by atoms with Gasteiger partial charge in [-0.2, -0.15) is 0 Å². The number of aryl methyl sites for hydroxylation is 1. The molecule has 1 aliphatic heterocycles. The summed E-state index contributed by atoms with van der Waals surface area (Å²) in [5.74, 6) is -1.08. The minimum Gasteiger partial charge on any atom is -0.480 e. The van der Waals surface area contributed by atoms with Crippen molar-refractivity contribution in [2.24, 2.45) is 0 Å². The Balaban J connectivity index is 2.04. The number of amides is 1. The maximum Gasteiger partial charge on any atom is 0.323 e. The molecule has 2 heterocycles. The third kappa shape index (κ3) is 4.05. The van der Waals surface area contributed by atoms with Gasteiger partial charge in [-0.3, -0.25) is 9.59 Å². The first-order valence-electron chi connectivity index (χ1n) is 6.70. The van der Waals surface area contributed by atoms with E-state index in [2.05, 4.69) is 0 Å². The molecule has 1 amide bonds. The second-order valence-corrected chi connectivity index (χ2v) is 6.32. The van der Waals surface area contributed by atoms with Gasteiger partial charge in [0, 0.05) is 29.0 Å².